The van der Waals surface area contributed by atoms with Crippen LogP contribution in [-0.4, -0.2) is 25.1 Å². The zero-order valence-corrected chi connectivity index (χ0v) is 11.8. The summed E-state index contributed by atoms with van der Waals surface area (Å²) in [6.45, 7) is 0.844. The lowest BCUT2D eigenvalue weighted by Crippen LogP contribution is -2.09. The van der Waals surface area contributed by atoms with Gasteiger partial charge in [0.05, 0.1) is 6.04 Å². The lowest BCUT2D eigenvalue weighted by atomic mass is 10.0. The number of thiol groups is 1. The molecule has 1 aliphatic heterocycles. The van der Waals surface area contributed by atoms with Crippen LogP contribution < -0.4 is 5.73 Å². The Kier molecular flexibility index (Phi) is 6.29. The summed E-state index contributed by atoms with van der Waals surface area (Å²) in [4.78, 5) is 0. The Balaban J connectivity index is 2.27. The van der Waals surface area contributed by atoms with E-state index in [-0.39, 0.29) is 0 Å². The van der Waals surface area contributed by atoms with E-state index in [1.54, 1.807) is 0 Å². The zero-order valence-electron chi connectivity index (χ0n) is 10.9. The minimum atomic E-state index is -1.07. The average molecular weight is 244 g/mol. The van der Waals surface area contributed by atoms with Gasteiger partial charge in [-0.25, -0.2) is 0 Å². The molecule has 1 atom stereocenters. The van der Waals surface area contributed by atoms with Gasteiger partial charge in [-0.1, -0.05) is 25.3 Å². The van der Waals surface area contributed by atoms with Crippen molar-refractivity contribution in [3.05, 3.63) is 11.5 Å². The van der Waals surface area contributed by atoms with E-state index in [1.165, 1.54) is 44.9 Å². The highest BCUT2D eigenvalue weighted by molar-refractivity contribution is 8.06. The molecule has 2 N–H and O–H groups in total. The number of hydrogen-bond donors (Lipinski definition) is 2. The van der Waals surface area contributed by atoms with E-state index >= 15 is 0 Å². The molecule has 0 aromatic carbocycles. The van der Waals surface area contributed by atoms with Crippen LogP contribution in [0.5, 0.6) is 0 Å². The fourth-order valence-electron chi connectivity index (χ4n) is 2.22. The van der Waals surface area contributed by atoms with Crippen LogP contribution in [0.15, 0.2) is 15.8 Å². The van der Waals surface area contributed by atoms with Crippen molar-refractivity contribution in [1.29, 1.82) is 0 Å². The van der Waals surface area contributed by atoms with Crippen molar-refractivity contribution in [1.82, 2.24) is 0 Å². The second-order valence-electron chi connectivity index (χ2n) is 5.20. The Morgan fingerprint density at radius 2 is 2.00 bits per heavy atom. The highest BCUT2D eigenvalue weighted by Gasteiger charge is 2.10. The molecule has 0 aromatic rings. The average Bonchev–Trinajstić information content (AvgIpc) is 2.39. The van der Waals surface area contributed by atoms with E-state index in [9.17, 15) is 0 Å². The maximum absolute atomic E-state index is 5.49. The van der Waals surface area contributed by atoms with Crippen LogP contribution >= 0.6 is 0 Å². The Labute approximate surface area is 102 Å². The first-order valence-corrected chi connectivity index (χ1v) is 9.28. The van der Waals surface area contributed by atoms with Gasteiger partial charge in [0.15, 0.2) is 0 Å². The van der Waals surface area contributed by atoms with Gasteiger partial charge in [0.25, 0.3) is 0 Å². The van der Waals surface area contributed by atoms with Crippen molar-refractivity contribution < 1.29 is 0 Å². The van der Waals surface area contributed by atoms with Crippen LogP contribution in [-0.2, 0) is 9.82 Å². The molecule has 1 heterocycles. The van der Waals surface area contributed by atoms with Crippen molar-refractivity contribution in [3.8, 4) is 0 Å². The predicted molar refractivity (Wildman–Crippen MR) is 77.3 cm³/mol. The van der Waals surface area contributed by atoms with E-state index in [0.29, 0.717) is 6.04 Å². The number of nitrogens with zero attached hydrogens (tertiary/aromatic N) is 1. The molecule has 0 aliphatic carbocycles. The molecule has 1 unspecified atom stereocenters. The second kappa shape index (κ2) is 7.23. The van der Waals surface area contributed by atoms with Gasteiger partial charge in [0.2, 0.25) is 0 Å². The third-order valence-corrected chi connectivity index (χ3v) is 4.95. The third kappa shape index (κ3) is 5.80. The van der Waals surface area contributed by atoms with E-state index in [0.717, 1.165) is 6.54 Å². The number of allylic oxidation sites excluding steroid dienone is 1. The van der Waals surface area contributed by atoms with Crippen molar-refractivity contribution in [2.45, 2.75) is 51.0 Å². The van der Waals surface area contributed by atoms with Crippen LogP contribution in [0.25, 0.3) is 0 Å². The van der Waals surface area contributed by atoms with E-state index in [1.807, 2.05) is 0 Å². The first-order valence-electron chi connectivity index (χ1n) is 6.58. The number of hydrogen-bond acceptors (Lipinski definition) is 2. The molecule has 96 valence electrons. The lowest BCUT2D eigenvalue weighted by Gasteiger charge is -2.18. The van der Waals surface area contributed by atoms with Gasteiger partial charge in [-0.15, -0.1) is 0 Å². The van der Waals surface area contributed by atoms with Crippen LogP contribution in [0.3, 0.4) is 0 Å². The molecule has 0 bridgehead atoms. The Morgan fingerprint density at radius 3 is 2.75 bits per heavy atom. The highest BCUT2D eigenvalue weighted by atomic mass is 32.2. The van der Waals surface area contributed by atoms with E-state index in [4.69, 9.17) is 10.1 Å². The summed E-state index contributed by atoms with van der Waals surface area (Å²) in [5.74, 6) is 0. The van der Waals surface area contributed by atoms with Gasteiger partial charge in [-0.2, -0.15) is 9.82 Å². The topological polar surface area (TPSA) is 38.4 Å². The molecule has 3 heteroatoms. The van der Waals surface area contributed by atoms with E-state index in [2.05, 4.69) is 24.0 Å². The second-order valence-corrected chi connectivity index (χ2v) is 8.69. The summed E-state index contributed by atoms with van der Waals surface area (Å²) >= 11 is 0. The summed E-state index contributed by atoms with van der Waals surface area (Å²) in [5, 5.41) is 2.36. The van der Waals surface area contributed by atoms with E-state index < -0.39 is 9.82 Å². The molecule has 1 aliphatic rings. The van der Waals surface area contributed by atoms with Crippen LogP contribution in [0.1, 0.15) is 44.9 Å². The normalized spacial score (nSPS) is 25.8. The Morgan fingerprint density at radius 1 is 1.25 bits per heavy atom. The first-order chi connectivity index (χ1) is 7.64. The highest BCUT2D eigenvalue weighted by Crippen LogP contribution is 2.20. The van der Waals surface area contributed by atoms with Crippen molar-refractivity contribution in [2.24, 2.45) is 10.1 Å². The van der Waals surface area contributed by atoms with Crippen LogP contribution in [0.2, 0.25) is 0 Å². The Bertz CT molecular complexity index is 265. The van der Waals surface area contributed by atoms with Crippen molar-refractivity contribution in [3.63, 3.8) is 0 Å². The monoisotopic (exact) mass is 244 g/mol. The molecule has 0 aromatic heterocycles. The summed E-state index contributed by atoms with van der Waals surface area (Å²) in [7, 11) is -1.07. The van der Waals surface area contributed by atoms with Gasteiger partial charge in [0, 0.05) is 0 Å². The molecule has 0 amide bonds. The number of nitrogens with two attached hydrogens (primary N) is 1. The SMILES string of the molecule is C[SH]1(C)=NC(CCCCCCN)CCC=C1. The third-order valence-electron chi connectivity index (χ3n) is 3.09. The molecule has 0 radical (unpaired) electrons. The smallest absolute Gasteiger partial charge is 0.0554 e. The van der Waals surface area contributed by atoms with Gasteiger partial charge >= 0.3 is 0 Å². The van der Waals surface area contributed by atoms with Gasteiger partial charge in [0.1, 0.15) is 0 Å². The van der Waals surface area contributed by atoms with Gasteiger partial charge in [-0.05, 0) is 50.1 Å². The maximum atomic E-state index is 5.49. The summed E-state index contributed by atoms with van der Waals surface area (Å²) in [5.41, 5.74) is 5.49. The zero-order chi connectivity index (χ0) is 11.9. The molecule has 0 spiro atoms. The minimum Gasteiger partial charge on any atom is -0.330 e. The number of rotatable bonds is 6. The fourth-order valence-corrected chi connectivity index (χ4v) is 4.03. The Hall–Kier alpha value is -0.150. The quantitative estimate of drug-likeness (QED) is 0.547. The molecular weight excluding hydrogens is 216 g/mol. The minimum absolute atomic E-state index is 0.621. The molecule has 16 heavy (non-hydrogen) atoms. The standard InChI is InChI=1S/C13H28N2S/c1-16(2)12-8-6-10-13(15-16)9-5-3-4-7-11-14/h8,12-13,16H,3-7,9-11,14H2,1-2H3. The van der Waals surface area contributed by atoms with Crippen LogP contribution in [0, 0.1) is 0 Å². The molecule has 2 nitrogen and oxygen atoms in total. The first kappa shape index (κ1) is 13.9. The van der Waals surface area contributed by atoms with Gasteiger partial charge in [-0.3, -0.25) is 4.36 Å². The summed E-state index contributed by atoms with van der Waals surface area (Å²) in [6.07, 6.45) is 15.9. The van der Waals surface area contributed by atoms with Crippen LogP contribution in [0.4, 0.5) is 0 Å². The maximum Gasteiger partial charge on any atom is 0.0554 e. The molecule has 1 rings (SSSR count). The predicted octanol–water partition coefficient (Wildman–Crippen LogP) is 2.90. The lowest BCUT2D eigenvalue weighted by molar-refractivity contribution is 0.528. The molecule has 0 saturated heterocycles. The summed E-state index contributed by atoms with van der Waals surface area (Å²) < 4.78 is 5.03. The number of unbranched alkanes of at least 4 members (excludes halogenated alkanes) is 3. The summed E-state index contributed by atoms with van der Waals surface area (Å²) in [6, 6.07) is 0.621. The largest absolute Gasteiger partial charge is 0.330 e. The van der Waals surface area contributed by atoms with Crippen molar-refractivity contribution in [2.75, 3.05) is 19.1 Å². The molecular formula is C13H28N2S. The molecule has 0 fully saturated rings. The fraction of sp³-hybridized carbons (Fsp3) is 0.846. The molecule has 0 saturated carbocycles. The van der Waals surface area contributed by atoms with Gasteiger partial charge < -0.3 is 5.73 Å². The van der Waals surface area contributed by atoms with Crippen molar-refractivity contribution >= 4 is 9.82 Å².